The van der Waals surface area contributed by atoms with Crippen molar-refractivity contribution in [2.75, 3.05) is 13.1 Å². The van der Waals surface area contributed by atoms with Gasteiger partial charge in [-0.25, -0.2) is 0 Å². The average Bonchev–Trinajstić information content (AvgIpc) is 3.15. The molecule has 0 aromatic heterocycles. The normalized spacial score (nSPS) is 24.3. The summed E-state index contributed by atoms with van der Waals surface area (Å²) in [5.74, 6) is 0. The van der Waals surface area contributed by atoms with Crippen LogP contribution in [0.4, 0.5) is 0 Å². The van der Waals surface area contributed by atoms with E-state index >= 15 is 0 Å². The Morgan fingerprint density at radius 1 is 1.30 bits per heavy atom. The number of hydrogen-bond donors (Lipinski definition) is 1. The van der Waals surface area contributed by atoms with Gasteiger partial charge in [0.2, 0.25) is 0 Å². The molecule has 20 heavy (non-hydrogen) atoms. The molecule has 2 fully saturated rings. The zero-order valence-corrected chi connectivity index (χ0v) is 13.4. The predicted molar refractivity (Wildman–Crippen MR) is 85.6 cm³/mol. The zero-order valence-electron chi connectivity index (χ0n) is 11.9. The lowest BCUT2D eigenvalue weighted by molar-refractivity contribution is 0.182. The first-order chi connectivity index (χ1) is 9.65. The highest BCUT2D eigenvalue weighted by molar-refractivity contribution is 6.33. The van der Waals surface area contributed by atoms with E-state index in [1.807, 2.05) is 18.2 Å². The van der Waals surface area contributed by atoms with Crippen molar-refractivity contribution in [3.63, 3.8) is 0 Å². The number of hydrogen-bond acceptors (Lipinski definition) is 2. The largest absolute Gasteiger partial charge is 0.313 e. The molecule has 0 bridgehead atoms. The van der Waals surface area contributed by atoms with Crippen molar-refractivity contribution in [2.24, 2.45) is 0 Å². The van der Waals surface area contributed by atoms with Crippen LogP contribution in [0.2, 0.25) is 10.0 Å². The number of nitrogens with zero attached hydrogens (tertiary/aromatic N) is 1. The van der Waals surface area contributed by atoms with Crippen LogP contribution >= 0.6 is 23.2 Å². The molecular weight excluding hydrogens is 291 g/mol. The summed E-state index contributed by atoms with van der Waals surface area (Å²) in [7, 11) is 0. The van der Waals surface area contributed by atoms with Crippen molar-refractivity contribution in [2.45, 2.75) is 50.7 Å². The molecule has 110 valence electrons. The van der Waals surface area contributed by atoms with Crippen molar-refractivity contribution in [1.29, 1.82) is 0 Å². The van der Waals surface area contributed by atoms with Gasteiger partial charge < -0.3 is 5.32 Å². The van der Waals surface area contributed by atoms with Crippen molar-refractivity contribution in [1.82, 2.24) is 10.2 Å². The van der Waals surface area contributed by atoms with Crippen molar-refractivity contribution >= 4 is 23.2 Å². The standard InChI is InChI=1S/C16H22Cl2N2/c1-11(15-9-12(17)4-7-16(15)18)20(14-5-6-14)10-13-3-2-8-19-13/h4,7,9,11,13-14,19H,2-3,5-6,8,10H2,1H3. The van der Waals surface area contributed by atoms with E-state index in [0.717, 1.165) is 34.7 Å². The smallest absolute Gasteiger partial charge is 0.0454 e. The van der Waals surface area contributed by atoms with Crippen LogP contribution in [0.1, 0.15) is 44.2 Å². The zero-order chi connectivity index (χ0) is 14.1. The third-order valence-corrected chi connectivity index (χ3v) is 5.09. The van der Waals surface area contributed by atoms with E-state index in [0.29, 0.717) is 12.1 Å². The van der Waals surface area contributed by atoms with Gasteiger partial charge in [-0.1, -0.05) is 23.2 Å². The lowest BCUT2D eigenvalue weighted by Gasteiger charge is -2.32. The van der Waals surface area contributed by atoms with Crippen molar-refractivity contribution in [3.8, 4) is 0 Å². The third-order valence-electron chi connectivity index (χ3n) is 4.52. The van der Waals surface area contributed by atoms with E-state index in [1.165, 1.54) is 25.7 Å². The molecule has 2 aliphatic rings. The second kappa shape index (κ2) is 6.23. The third kappa shape index (κ3) is 3.30. The second-order valence-corrected chi connectivity index (χ2v) is 6.91. The Balaban J connectivity index is 1.77. The molecule has 1 aromatic carbocycles. The summed E-state index contributed by atoms with van der Waals surface area (Å²) in [4.78, 5) is 2.61. The molecule has 4 heteroatoms. The highest BCUT2D eigenvalue weighted by atomic mass is 35.5. The quantitative estimate of drug-likeness (QED) is 0.873. The van der Waals surface area contributed by atoms with Crippen LogP contribution in [0.3, 0.4) is 0 Å². The highest BCUT2D eigenvalue weighted by Crippen LogP contribution is 2.37. The van der Waals surface area contributed by atoms with Crippen LogP contribution in [0.5, 0.6) is 0 Å². The number of halogens is 2. The summed E-state index contributed by atoms with van der Waals surface area (Å²) >= 11 is 12.5. The Kier molecular flexibility index (Phi) is 4.56. The summed E-state index contributed by atoms with van der Waals surface area (Å²) in [5.41, 5.74) is 1.16. The van der Waals surface area contributed by atoms with Crippen LogP contribution < -0.4 is 5.32 Å². The molecule has 1 saturated carbocycles. The van der Waals surface area contributed by atoms with Gasteiger partial charge in [0.25, 0.3) is 0 Å². The van der Waals surface area contributed by atoms with E-state index in [2.05, 4.69) is 17.1 Å². The first-order valence-electron chi connectivity index (χ1n) is 7.59. The maximum Gasteiger partial charge on any atom is 0.0454 e. The summed E-state index contributed by atoms with van der Waals surface area (Å²) in [5, 5.41) is 5.20. The molecule has 2 unspecified atom stereocenters. The molecule has 1 heterocycles. The molecule has 0 radical (unpaired) electrons. The predicted octanol–water partition coefficient (Wildman–Crippen LogP) is 4.27. The van der Waals surface area contributed by atoms with Gasteiger partial charge in [0.05, 0.1) is 0 Å². The Hall–Kier alpha value is -0.280. The number of benzene rings is 1. The molecule has 0 spiro atoms. The van der Waals surface area contributed by atoms with Crippen molar-refractivity contribution in [3.05, 3.63) is 33.8 Å². The van der Waals surface area contributed by atoms with Gasteiger partial charge in [0.1, 0.15) is 0 Å². The highest BCUT2D eigenvalue weighted by Gasteiger charge is 2.35. The monoisotopic (exact) mass is 312 g/mol. The molecule has 1 N–H and O–H groups in total. The maximum atomic E-state index is 6.38. The Morgan fingerprint density at radius 3 is 2.75 bits per heavy atom. The topological polar surface area (TPSA) is 15.3 Å². The van der Waals surface area contributed by atoms with Gasteiger partial charge in [-0.3, -0.25) is 4.90 Å². The van der Waals surface area contributed by atoms with Crippen LogP contribution in [-0.2, 0) is 0 Å². The lowest BCUT2D eigenvalue weighted by atomic mass is 10.1. The lowest BCUT2D eigenvalue weighted by Crippen LogP contribution is -2.40. The van der Waals surface area contributed by atoms with E-state index in [1.54, 1.807) is 0 Å². The van der Waals surface area contributed by atoms with Crippen LogP contribution in [0.15, 0.2) is 18.2 Å². The molecular formula is C16H22Cl2N2. The molecule has 1 aliphatic carbocycles. The van der Waals surface area contributed by atoms with E-state index in [-0.39, 0.29) is 0 Å². The van der Waals surface area contributed by atoms with Gasteiger partial charge in [-0.15, -0.1) is 0 Å². The molecule has 1 saturated heterocycles. The van der Waals surface area contributed by atoms with Gasteiger partial charge in [-0.2, -0.15) is 0 Å². The molecule has 1 aromatic rings. The van der Waals surface area contributed by atoms with Crippen LogP contribution in [0, 0.1) is 0 Å². The van der Waals surface area contributed by atoms with Gasteiger partial charge in [0.15, 0.2) is 0 Å². The SMILES string of the molecule is CC(c1cc(Cl)ccc1Cl)N(CC1CCCN1)C1CC1. The maximum absolute atomic E-state index is 6.38. The van der Waals surface area contributed by atoms with Gasteiger partial charge in [0, 0.05) is 34.7 Å². The second-order valence-electron chi connectivity index (χ2n) is 6.06. The minimum atomic E-state index is 0.330. The summed E-state index contributed by atoms with van der Waals surface area (Å²) in [6.07, 6.45) is 5.22. The minimum absolute atomic E-state index is 0.330. The summed E-state index contributed by atoms with van der Waals surface area (Å²) in [6.45, 7) is 4.54. The van der Waals surface area contributed by atoms with Crippen molar-refractivity contribution < 1.29 is 0 Å². The fourth-order valence-electron chi connectivity index (χ4n) is 3.21. The molecule has 1 aliphatic heterocycles. The summed E-state index contributed by atoms with van der Waals surface area (Å²) in [6, 6.07) is 7.48. The number of rotatable bonds is 5. The molecule has 0 amide bonds. The first kappa shape index (κ1) is 14.6. The summed E-state index contributed by atoms with van der Waals surface area (Å²) < 4.78 is 0. The molecule has 2 atom stereocenters. The first-order valence-corrected chi connectivity index (χ1v) is 8.35. The number of nitrogens with one attached hydrogen (secondary N) is 1. The van der Waals surface area contributed by atoms with E-state index < -0.39 is 0 Å². The fourth-order valence-corrected chi connectivity index (χ4v) is 3.67. The van der Waals surface area contributed by atoms with E-state index in [9.17, 15) is 0 Å². The van der Waals surface area contributed by atoms with Crippen LogP contribution in [-0.4, -0.2) is 30.1 Å². The van der Waals surface area contributed by atoms with Gasteiger partial charge in [-0.05, 0) is 62.9 Å². The van der Waals surface area contributed by atoms with E-state index in [4.69, 9.17) is 23.2 Å². The Morgan fingerprint density at radius 2 is 2.10 bits per heavy atom. The molecule has 2 nitrogen and oxygen atoms in total. The molecule has 3 rings (SSSR count). The van der Waals surface area contributed by atoms with Gasteiger partial charge >= 0.3 is 0 Å². The Labute approximate surface area is 131 Å². The average molecular weight is 313 g/mol. The fraction of sp³-hybridized carbons (Fsp3) is 0.625. The minimum Gasteiger partial charge on any atom is -0.313 e. The van der Waals surface area contributed by atoms with Crippen LogP contribution in [0.25, 0.3) is 0 Å². The Bertz CT molecular complexity index is 468.